The van der Waals surface area contributed by atoms with Gasteiger partial charge in [0.15, 0.2) is 6.29 Å². The highest BCUT2D eigenvalue weighted by molar-refractivity contribution is 7.99. The normalized spacial score (nSPS) is 19.4. The first-order valence-electron chi connectivity index (χ1n) is 15.3. The number of carboxylic acids is 1. The number of aliphatic hydroxyl groups excluding tert-OH is 1. The number of carbonyl (C=O) groups excluding carboxylic acids is 1. The van der Waals surface area contributed by atoms with Crippen LogP contribution in [0.25, 0.3) is 11.1 Å². The molecule has 8 nitrogen and oxygen atoms in total. The molecular weight excluding hydrogens is 602 g/mol. The van der Waals surface area contributed by atoms with E-state index in [-0.39, 0.29) is 43.5 Å². The molecule has 1 amide bonds. The van der Waals surface area contributed by atoms with Crippen molar-refractivity contribution in [1.29, 1.82) is 0 Å². The zero-order chi connectivity index (χ0) is 32.5. The molecule has 0 aliphatic carbocycles. The Hall–Kier alpha value is -4.15. The van der Waals surface area contributed by atoms with E-state index in [0.29, 0.717) is 12.3 Å². The van der Waals surface area contributed by atoms with Crippen LogP contribution >= 0.6 is 11.8 Å². The summed E-state index contributed by atoms with van der Waals surface area (Å²) in [6.45, 7) is 2.46. The first-order chi connectivity index (χ1) is 22.3. The predicted octanol–water partition coefficient (Wildman–Crippen LogP) is 6.92. The standard InChI is InChI=1S/C37H39NO7S/c1-24-32(23-46-33-9-4-3-8-31(33)43-2)44-37(45-36(24)28-12-10-25(22-39)11-13-28)29-16-14-27(15-17-29)30-7-5-6-26(20-30)21-38-34(40)18-19-35(41)42/h3-17,20,24,32,36-37,39H,18-19,21-23H2,1-2H3,(H,38,40)(H,41,42)/t24-,32+,36+,37+/m0/s1. The molecule has 1 heterocycles. The van der Waals surface area contributed by atoms with Gasteiger partial charge in [0.1, 0.15) is 5.75 Å². The van der Waals surface area contributed by atoms with Crippen LogP contribution in [0.1, 0.15) is 54.4 Å². The highest BCUT2D eigenvalue weighted by atomic mass is 32.2. The second-order valence-electron chi connectivity index (χ2n) is 11.3. The molecule has 9 heteroatoms. The molecule has 0 saturated carbocycles. The molecule has 5 rings (SSSR count). The Morgan fingerprint density at radius 1 is 0.848 bits per heavy atom. The number of ether oxygens (including phenoxy) is 3. The molecule has 46 heavy (non-hydrogen) atoms. The minimum Gasteiger partial charge on any atom is -0.496 e. The van der Waals surface area contributed by atoms with Gasteiger partial charge in [-0.3, -0.25) is 9.59 Å². The molecule has 0 bridgehead atoms. The van der Waals surface area contributed by atoms with Crippen molar-refractivity contribution in [3.8, 4) is 16.9 Å². The number of para-hydroxylation sites is 1. The van der Waals surface area contributed by atoms with Crippen LogP contribution in [-0.4, -0.2) is 41.1 Å². The molecule has 0 unspecified atom stereocenters. The fourth-order valence-corrected chi connectivity index (χ4v) is 6.62. The number of hydrogen-bond acceptors (Lipinski definition) is 7. The van der Waals surface area contributed by atoms with Crippen LogP contribution in [-0.2, 0) is 32.2 Å². The molecule has 1 fully saturated rings. The maximum atomic E-state index is 12.0. The molecule has 1 aliphatic heterocycles. The first-order valence-corrected chi connectivity index (χ1v) is 16.3. The lowest BCUT2D eigenvalue weighted by atomic mass is 9.91. The molecule has 4 aromatic rings. The van der Waals surface area contributed by atoms with Crippen LogP contribution in [0, 0.1) is 5.92 Å². The molecule has 4 atom stereocenters. The van der Waals surface area contributed by atoms with Gasteiger partial charge >= 0.3 is 5.97 Å². The number of rotatable bonds is 13. The number of carbonyl (C=O) groups is 2. The number of aliphatic carboxylic acids is 1. The number of amides is 1. The van der Waals surface area contributed by atoms with E-state index in [4.69, 9.17) is 19.3 Å². The first kappa shape index (κ1) is 33.2. The summed E-state index contributed by atoms with van der Waals surface area (Å²) >= 11 is 1.70. The SMILES string of the molecule is COc1ccccc1SC[C@H]1O[C@@H](c2ccc(-c3cccc(CNC(=O)CCC(=O)O)c3)cc2)O[C@@H](c2ccc(CO)cc2)[C@H]1C. The molecule has 4 aromatic carbocycles. The van der Waals surface area contributed by atoms with Gasteiger partial charge in [-0.2, -0.15) is 0 Å². The highest BCUT2D eigenvalue weighted by Crippen LogP contribution is 2.44. The van der Waals surface area contributed by atoms with Crippen molar-refractivity contribution in [3.05, 3.63) is 119 Å². The van der Waals surface area contributed by atoms with E-state index >= 15 is 0 Å². The summed E-state index contributed by atoms with van der Waals surface area (Å²) in [6.07, 6.45) is -1.14. The lowest BCUT2D eigenvalue weighted by Gasteiger charge is -2.41. The van der Waals surface area contributed by atoms with Gasteiger partial charge < -0.3 is 29.7 Å². The van der Waals surface area contributed by atoms with Crippen molar-refractivity contribution in [1.82, 2.24) is 5.32 Å². The third-order valence-electron chi connectivity index (χ3n) is 8.09. The largest absolute Gasteiger partial charge is 0.496 e. The minimum atomic E-state index is -0.992. The predicted molar refractivity (Wildman–Crippen MR) is 177 cm³/mol. The van der Waals surface area contributed by atoms with Crippen molar-refractivity contribution in [3.63, 3.8) is 0 Å². The molecule has 3 N–H and O–H groups in total. The number of hydrogen-bond donors (Lipinski definition) is 3. The zero-order valence-electron chi connectivity index (χ0n) is 25.9. The van der Waals surface area contributed by atoms with Crippen molar-refractivity contribution in [2.75, 3.05) is 12.9 Å². The van der Waals surface area contributed by atoms with Gasteiger partial charge in [0, 0.05) is 35.1 Å². The Morgan fingerprint density at radius 3 is 2.30 bits per heavy atom. The Bertz CT molecular complexity index is 1610. The van der Waals surface area contributed by atoms with Crippen molar-refractivity contribution >= 4 is 23.6 Å². The van der Waals surface area contributed by atoms with Crippen LogP contribution in [0.15, 0.2) is 102 Å². The summed E-state index contributed by atoms with van der Waals surface area (Å²) in [5, 5.41) is 21.1. The molecule has 1 saturated heterocycles. The Morgan fingerprint density at radius 2 is 1.59 bits per heavy atom. The second-order valence-corrected chi connectivity index (χ2v) is 12.3. The minimum absolute atomic E-state index is 0.0120. The van der Waals surface area contributed by atoms with E-state index in [1.807, 2.05) is 91.0 Å². The van der Waals surface area contributed by atoms with Gasteiger partial charge in [0.05, 0.1) is 32.3 Å². The Balaban J connectivity index is 1.32. The highest BCUT2D eigenvalue weighted by Gasteiger charge is 2.38. The van der Waals surface area contributed by atoms with Gasteiger partial charge in [-0.1, -0.05) is 85.8 Å². The monoisotopic (exact) mass is 641 g/mol. The molecule has 0 spiro atoms. The number of thioether (sulfide) groups is 1. The smallest absolute Gasteiger partial charge is 0.303 e. The third kappa shape index (κ3) is 8.55. The van der Waals surface area contributed by atoms with E-state index in [1.165, 1.54) is 0 Å². The molecule has 240 valence electrons. The van der Waals surface area contributed by atoms with E-state index in [9.17, 15) is 14.7 Å². The van der Waals surface area contributed by atoms with Gasteiger partial charge in [-0.25, -0.2) is 0 Å². The van der Waals surface area contributed by atoms with Crippen LogP contribution in [0.3, 0.4) is 0 Å². The van der Waals surface area contributed by atoms with Gasteiger partial charge in [0.25, 0.3) is 0 Å². The molecule has 1 aliphatic rings. The van der Waals surface area contributed by atoms with Gasteiger partial charge in [-0.05, 0) is 46.0 Å². The summed E-state index contributed by atoms with van der Waals surface area (Å²) in [5.74, 6) is 0.324. The summed E-state index contributed by atoms with van der Waals surface area (Å²) in [7, 11) is 1.68. The van der Waals surface area contributed by atoms with Crippen molar-refractivity contribution < 1.29 is 34.0 Å². The van der Waals surface area contributed by atoms with Crippen LogP contribution < -0.4 is 10.1 Å². The summed E-state index contributed by atoms with van der Waals surface area (Å²) in [4.78, 5) is 23.8. The van der Waals surface area contributed by atoms with Crippen molar-refractivity contribution in [2.24, 2.45) is 5.92 Å². The van der Waals surface area contributed by atoms with Crippen molar-refractivity contribution in [2.45, 2.75) is 56.3 Å². The number of nitrogens with one attached hydrogen (secondary N) is 1. The van der Waals surface area contributed by atoms with E-state index < -0.39 is 12.3 Å². The molecule has 0 radical (unpaired) electrons. The fourth-order valence-electron chi connectivity index (χ4n) is 5.42. The Kier molecular flexibility index (Phi) is 11.5. The van der Waals surface area contributed by atoms with E-state index in [2.05, 4.69) is 18.3 Å². The van der Waals surface area contributed by atoms with E-state index in [0.717, 1.165) is 44.0 Å². The van der Waals surface area contributed by atoms with Gasteiger partial charge in [-0.15, -0.1) is 11.8 Å². The zero-order valence-corrected chi connectivity index (χ0v) is 26.7. The molecule has 0 aromatic heterocycles. The maximum Gasteiger partial charge on any atom is 0.303 e. The number of benzene rings is 4. The molecular formula is C37H39NO7S. The summed E-state index contributed by atoms with van der Waals surface area (Å²) in [5.41, 5.74) is 5.71. The maximum absolute atomic E-state index is 12.0. The lowest BCUT2D eigenvalue weighted by Crippen LogP contribution is -2.38. The average Bonchev–Trinajstić information content (AvgIpc) is 3.09. The topological polar surface area (TPSA) is 114 Å². The fraction of sp³-hybridized carbons (Fsp3) is 0.297. The Labute approximate surface area is 273 Å². The lowest BCUT2D eigenvalue weighted by molar-refractivity contribution is -0.268. The summed E-state index contributed by atoms with van der Waals surface area (Å²) < 4.78 is 18.8. The van der Waals surface area contributed by atoms with Crippen LogP contribution in [0.2, 0.25) is 0 Å². The third-order valence-corrected chi connectivity index (χ3v) is 9.24. The number of methoxy groups -OCH3 is 1. The van der Waals surface area contributed by atoms with Crippen LogP contribution in [0.5, 0.6) is 5.75 Å². The number of aliphatic hydroxyl groups is 1. The van der Waals surface area contributed by atoms with Gasteiger partial charge in [0.2, 0.25) is 5.91 Å². The quantitative estimate of drug-likeness (QED) is 0.135. The number of carboxylic acid groups (broad SMARTS) is 1. The van der Waals surface area contributed by atoms with Crippen LogP contribution in [0.4, 0.5) is 0 Å². The van der Waals surface area contributed by atoms with E-state index in [1.54, 1.807) is 18.9 Å². The second kappa shape index (κ2) is 15.9. The summed E-state index contributed by atoms with van der Waals surface area (Å²) in [6, 6.07) is 31.9. The average molecular weight is 642 g/mol.